The van der Waals surface area contributed by atoms with Crippen LogP contribution in [0.1, 0.15) is 184 Å². The number of carbonyl (C=O) groups is 2. The molecule has 13 nitrogen and oxygen atoms in total. The number of amides is 1. The number of aliphatic hydroxyl groups is 4. The second-order valence-electron chi connectivity index (χ2n) is 28.4. The number of carboxylic acids is 1. The van der Waals surface area contributed by atoms with Gasteiger partial charge >= 0.3 is 5.97 Å². The lowest BCUT2D eigenvalue weighted by Gasteiger charge is -2.64. The molecule has 456 valence electrons. The first-order valence-corrected chi connectivity index (χ1v) is 34.6. The lowest BCUT2D eigenvalue weighted by molar-refractivity contribution is -0.203. The van der Waals surface area contributed by atoms with Crippen LogP contribution in [0.15, 0.2) is 70.5 Å². The van der Waals surface area contributed by atoms with E-state index in [-0.39, 0.29) is 75.6 Å². The van der Waals surface area contributed by atoms with E-state index in [2.05, 4.69) is 60.1 Å². The number of fused-ring (bicyclic) bond motifs is 10. The average Bonchev–Trinajstić information content (AvgIpc) is 3.96. The number of sulfonamides is 2. The van der Waals surface area contributed by atoms with Gasteiger partial charge in [-0.2, -0.15) is 0 Å². The van der Waals surface area contributed by atoms with Gasteiger partial charge in [0.2, 0.25) is 15.9 Å². The van der Waals surface area contributed by atoms with Crippen molar-refractivity contribution in [1.82, 2.24) is 9.03 Å². The number of benzene rings is 2. The molecule has 10 rings (SSSR count). The first kappa shape index (κ1) is 64.1. The fraction of sp³-hybridized carbons (Fsp3) is 0.788. The van der Waals surface area contributed by atoms with Gasteiger partial charge in [0.15, 0.2) is 0 Å². The first-order chi connectivity index (χ1) is 38.2. The predicted octanol–water partition coefficient (Wildman–Crippen LogP) is 11.6. The zero-order chi connectivity index (χ0) is 59.2. The fourth-order valence-electron chi connectivity index (χ4n) is 20.7. The summed E-state index contributed by atoms with van der Waals surface area (Å²) in [5, 5.41) is 53.7. The van der Waals surface area contributed by atoms with Crippen LogP contribution in [0, 0.1) is 105 Å². The standard InChI is InChI=1S/C33H51NO5S.C26H44O4.C7H9NO2S/c1-6-24-28-20-22(35)16-18-33(28,4)27-17-19-32(3)25(13-14-26(32)30(27)31(24)37)21(2)12-15-29(36)34(5)40(38,39)23-10-8-7-9-11-23;1-5-17-21-14-16(27)10-12-26(21,4)20-11-13-25(3)18(15(2)6-9-22(28)29)7-8-19(25)23(20)24(17)30;1-8-11(9,10)7-5-3-2-4-6-7/h7-11,21-22,24-28,30-31,35,37H,6,12-20H2,1-5H3;15-21,23-24,27,30H,5-14H2,1-4H3,(H,28,29);2-6,8H,1H3/t21-,22-,24-,25-,26+,27+,28+,30+,31-,32-,33-;15-,16-,17-,18-,19+,20+,21+,23+,24-,25-,26-;/m11./s1. The number of aliphatic hydroxyl groups excluding tert-OH is 4. The second-order valence-corrected chi connectivity index (χ2v) is 32.2. The zero-order valence-electron chi connectivity index (χ0n) is 50.8. The van der Waals surface area contributed by atoms with Crippen molar-refractivity contribution in [3.8, 4) is 0 Å². The highest BCUT2D eigenvalue weighted by Crippen LogP contribution is 2.71. The van der Waals surface area contributed by atoms with Gasteiger partial charge in [0, 0.05) is 19.9 Å². The highest BCUT2D eigenvalue weighted by atomic mass is 32.2. The SMILES string of the molecule is CC[C@H]1[C@@H](O)[C@@H]2[C@H](CC[C@]3(C)[C@@H]([C@H](C)CCC(=O)N(C)S(=O)(=O)c4ccccc4)CC[C@@H]23)[C@@]2(C)CC[C@@H](O)C[C@@H]12.CC[C@H]1[C@@H](O)[C@@H]2[C@H](CC[C@]3(C)[C@@H]([C@H](C)CCC(=O)O)CC[C@@H]23)[C@@]2(C)CC[C@@H](O)C[C@@H]12.CNS(=O)(=O)c1ccccc1. The molecule has 81 heavy (non-hydrogen) atoms. The molecule has 2 aromatic rings. The molecular formula is C66H104N2O11S2. The Balaban J connectivity index is 0.000000184. The fourth-order valence-corrected chi connectivity index (χ4v) is 22.7. The van der Waals surface area contributed by atoms with Crippen LogP contribution in [-0.4, -0.2) is 97.1 Å². The van der Waals surface area contributed by atoms with Crippen molar-refractivity contribution in [2.24, 2.45) is 105 Å². The van der Waals surface area contributed by atoms with Crippen LogP contribution in [0.25, 0.3) is 0 Å². The number of carbonyl (C=O) groups excluding carboxylic acids is 1. The molecule has 8 fully saturated rings. The Morgan fingerprint density at radius 2 is 0.951 bits per heavy atom. The van der Waals surface area contributed by atoms with Gasteiger partial charge in [-0.15, -0.1) is 0 Å². The minimum atomic E-state index is -3.84. The molecule has 0 spiro atoms. The quantitative estimate of drug-likeness (QED) is 0.105. The number of hydrogen-bond acceptors (Lipinski definition) is 10. The molecule has 0 aromatic heterocycles. The normalized spacial score (nSPS) is 41.3. The number of carboxylic acid groups (broad SMARTS) is 1. The molecule has 1 amide bonds. The number of nitrogens with one attached hydrogen (secondary N) is 1. The minimum Gasteiger partial charge on any atom is -0.481 e. The molecule has 8 saturated carbocycles. The van der Waals surface area contributed by atoms with Crippen LogP contribution in [-0.2, 0) is 29.6 Å². The molecule has 22 atom stereocenters. The van der Waals surface area contributed by atoms with Crippen LogP contribution < -0.4 is 4.72 Å². The molecule has 6 N–H and O–H groups in total. The van der Waals surface area contributed by atoms with Crippen molar-refractivity contribution in [2.45, 2.75) is 218 Å². The summed E-state index contributed by atoms with van der Waals surface area (Å²) in [6.07, 6.45) is 17.9. The summed E-state index contributed by atoms with van der Waals surface area (Å²) in [6, 6.07) is 16.4. The summed E-state index contributed by atoms with van der Waals surface area (Å²) >= 11 is 0. The number of aliphatic carboxylic acids is 1. The Labute approximate surface area is 487 Å². The zero-order valence-corrected chi connectivity index (χ0v) is 52.4. The maximum atomic E-state index is 13.0. The molecule has 0 aliphatic heterocycles. The third-order valence-electron chi connectivity index (χ3n) is 25.0. The third kappa shape index (κ3) is 12.0. The van der Waals surface area contributed by atoms with Crippen LogP contribution in [0.3, 0.4) is 0 Å². The summed E-state index contributed by atoms with van der Waals surface area (Å²) in [5.41, 5.74) is 0.798. The van der Waals surface area contributed by atoms with E-state index in [1.807, 2.05) is 0 Å². The minimum absolute atomic E-state index is 0.127. The van der Waals surface area contributed by atoms with E-state index in [4.69, 9.17) is 5.11 Å². The van der Waals surface area contributed by atoms with Crippen molar-refractivity contribution in [2.75, 3.05) is 14.1 Å². The molecule has 15 heteroatoms. The molecule has 2 aromatic carbocycles. The largest absolute Gasteiger partial charge is 0.481 e. The van der Waals surface area contributed by atoms with E-state index >= 15 is 0 Å². The maximum Gasteiger partial charge on any atom is 0.303 e. The van der Waals surface area contributed by atoms with Crippen LogP contribution in [0.4, 0.5) is 0 Å². The number of rotatable bonds is 14. The number of nitrogens with zero attached hydrogens (tertiary/aromatic N) is 1. The van der Waals surface area contributed by atoms with Crippen molar-refractivity contribution >= 4 is 31.9 Å². The summed E-state index contributed by atoms with van der Waals surface area (Å²) in [5.74, 6) is 4.93. The van der Waals surface area contributed by atoms with Gasteiger partial charge < -0.3 is 25.5 Å². The molecular weight excluding hydrogens is 1060 g/mol. The molecule has 8 aliphatic carbocycles. The van der Waals surface area contributed by atoms with Gasteiger partial charge in [0.05, 0.1) is 34.2 Å². The van der Waals surface area contributed by atoms with Crippen LogP contribution in [0.5, 0.6) is 0 Å². The van der Waals surface area contributed by atoms with E-state index in [1.165, 1.54) is 51.9 Å². The van der Waals surface area contributed by atoms with Gasteiger partial charge in [-0.25, -0.2) is 25.9 Å². The lowest BCUT2D eigenvalue weighted by atomic mass is 9.41. The Morgan fingerprint density at radius 3 is 1.35 bits per heavy atom. The predicted molar refractivity (Wildman–Crippen MR) is 317 cm³/mol. The van der Waals surface area contributed by atoms with E-state index in [1.54, 1.807) is 48.5 Å². The van der Waals surface area contributed by atoms with Crippen LogP contribution >= 0.6 is 0 Å². The van der Waals surface area contributed by atoms with Crippen molar-refractivity contribution in [1.29, 1.82) is 0 Å². The summed E-state index contributed by atoms with van der Waals surface area (Å²) < 4.78 is 51.2. The number of hydrogen-bond donors (Lipinski definition) is 6. The van der Waals surface area contributed by atoms with E-state index in [0.29, 0.717) is 88.2 Å². The van der Waals surface area contributed by atoms with Crippen LogP contribution in [0.2, 0.25) is 0 Å². The highest BCUT2D eigenvalue weighted by Gasteiger charge is 2.67. The first-order valence-electron chi connectivity index (χ1n) is 31.7. The van der Waals surface area contributed by atoms with Crippen molar-refractivity contribution < 1.29 is 52.0 Å². The van der Waals surface area contributed by atoms with Crippen molar-refractivity contribution in [3.63, 3.8) is 0 Å². The second kappa shape index (κ2) is 25.2. The molecule has 0 radical (unpaired) electrons. The van der Waals surface area contributed by atoms with Gasteiger partial charge in [-0.3, -0.25) is 9.59 Å². The molecule has 0 heterocycles. The van der Waals surface area contributed by atoms with Gasteiger partial charge in [0.25, 0.3) is 10.0 Å². The Hall–Kier alpha value is -2.92. The molecule has 8 aliphatic rings. The topological polar surface area (TPSA) is 219 Å². The molecule has 0 bridgehead atoms. The maximum absolute atomic E-state index is 13.0. The summed E-state index contributed by atoms with van der Waals surface area (Å²) in [4.78, 5) is 24.6. The third-order valence-corrected chi connectivity index (χ3v) is 28.2. The molecule has 0 unspecified atom stereocenters. The van der Waals surface area contributed by atoms with E-state index in [9.17, 15) is 46.9 Å². The van der Waals surface area contributed by atoms with Gasteiger partial charge in [0.1, 0.15) is 0 Å². The summed E-state index contributed by atoms with van der Waals surface area (Å²) in [7, 11) is -4.33. The Bertz CT molecular complexity index is 2680. The lowest BCUT2D eigenvalue weighted by Crippen LogP contribution is -2.62. The van der Waals surface area contributed by atoms with E-state index < -0.39 is 26.0 Å². The van der Waals surface area contributed by atoms with Gasteiger partial charge in [-0.1, -0.05) is 105 Å². The van der Waals surface area contributed by atoms with Crippen molar-refractivity contribution in [3.05, 3.63) is 60.7 Å². The Kier molecular flexibility index (Phi) is 19.9. The van der Waals surface area contributed by atoms with E-state index in [0.717, 1.165) is 87.8 Å². The smallest absolute Gasteiger partial charge is 0.303 e. The van der Waals surface area contributed by atoms with Gasteiger partial charge in [-0.05, 0) is 239 Å². The Morgan fingerprint density at radius 1 is 0.568 bits per heavy atom. The summed E-state index contributed by atoms with van der Waals surface area (Å²) in [6.45, 7) is 18.8. The average molecular weight is 1170 g/mol. The molecule has 0 saturated heterocycles. The highest BCUT2D eigenvalue weighted by molar-refractivity contribution is 7.89. The monoisotopic (exact) mass is 1160 g/mol.